The van der Waals surface area contributed by atoms with Crippen LogP contribution >= 0.6 is 0 Å². The first-order valence-corrected chi connectivity index (χ1v) is 6.05. The average molecular weight is 303 g/mol. The van der Waals surface area contributed by atoms with Gasteiger partial charge in [0, 0.05) is 12.6 Å². The zero-order valence-electron chi connectivity index (χ0n) is 10.6. The van der Waals surface area contributed by atoms with Gasteiger partial charge in [-0.05, 0) is 25.0 Å². The summed E-state index contributed by atoms with van der Waals surface area (Å²) in [5.41, 5.74) is -2.06. The van der Waals surface area contributed by atoms with Crippen molar-refractivity contribution in [3.05, 3.63) is 33.9 Å². The molecular formula is C12H10F3N2O4-. The van der Waals surface area contributed by atoms with Crippen molar-refractivity contribution in [2.45, 2.75) is 25.1 Å². The molecule has 1 fully saturated rings. The average Bonchev–Trinajstić information content (AvgIpc) is 2.85. The lowest BCUT2D eigenvalue weighted by molar-refractivity contribution is -0.384. The van der Waals surface area contributed by atoms with Crippen molar-refractivity contribution in [3.63, 3.8) is 0 Å². The minimum Gasteiger partial charge on any atom is -0.548 e. The number of benzene rings is 1. The van der Waals surface area contributed by atoms with Crippen molar-refractivity contribution >= 4 is 17.3 Å². The summed E-state index contributed by atoms with van der Waals surface area (Å²) in [6.07, 6.45) is -4.00. The van der Waals surface area contributed by atoms with E-state index in [0.717, 1.165) is 6.07 Å². The number of halogens is 3. The second kappa shape index (κ2) is 5.23. The van der Waals surface area contributed by atoms with E-state index in [2.05, 4.69) is 0 Å². The van der Waals surface area contributed by atoms with Gasteiger partial charge in [0.2, 0.25) is 0 Å². The highest BCUT2D eigenvalue weighted by Crippen LogP contribution is 2.38. The Kier molecular flexibility index (Phi) is 3.75. The summed E-state index contributed by atoms with van der Waals surface area (Å²) in [4.78, 5) is 22.2. The third kappa shape index (κ3) is 2.91. The van der Waals surface area contributed by atoms with E-state index in [9.17, 15) is 33.2 Å². The molecule has 0 unspecified atom stereocenters. The molecule has 0 aliphatic carbocycles. The molecule has 0 radical (unpaired) electrons. The Morgan fingerprint density at radius 3 is 2.57 bits per heavy atom. The first-order valence-electron chi connectivity index (χ1n) is 6.05. The third-order valence-corrected chi connectivity index (χ3v) is 3.33. The zero-order valence-corrected chi connectivity index (χ0v) is 10.6. The van der Waals surface area contributed by atoms with Crippen LogP contribution in [0, 0.1) is 10.1 Å². The summed E-state index contributed by atoms with van der Waals surface area (Å²) in [6.45, 7) is 0.213. The molecule has 1 aromatic rings. The number of carboxylic acids is 1. The summed E-state index contributed by atoms with van der Waals surface area (Å²) in [6, 6.07) is 0.982. The summed E-state index contributed by atoms with van der Waals surface area (Å²) in [5.74, 6) is -1.40. The number of carbonyl (C=O) groups is 1. The molecule has 1 aliphatic rings. The van der Waals surface area contributed by atoms with E-state index in [1.54, 1.807) is 0 Å². The van der Waals surface area contributed by atoms with Crippen LogP contribution in [0.15, 0.2) is 18.2 Å². The normalized spacial score (nSPS) is 18.8. The molecule has 0 N–H and O–H groups in total. The molecule has 1 aliphatic heterocycles. The lowest BCUT2D eigenvalue weighted by Crippen LogP contribution is -2.44. The van der Waals surface area contributed by atoms with Crippen LogP contribution in [0.25, 0.3) is 0 Å². The molecule has 1 aromatic carbocycles. The van der Waals surface area contributed by atoms with Gasteiger partial charge in [0.1, 0.15) is 5.69 Å². The zero-order chi connectivity index (χ0) is 15.8. The van der Waals surface area contributed by atoms with E-state index >= 15 is 0 Å². The first-order chi connectivity index (χ1) is 9.71. The van der Waals surface area contributed by atoms with Gasteiger partial charge in [-0.3, -0.25) is 10.1 Å². The van der Waals surface area contributed by atoms with Gasteiger partial charge in [0.25, 0.3) is 5.69 Å². The maximum absolute atomic E-state index is 12.6. The number of nitrogens with zero attached hydrogens (tertiary/aromatic N) is 2. The van der Waals surface area contributed by atoms with Gasteiger partial charge >= 0.3 is 6.18 Å². The Morgan fingerprint density at radius 1 is 1.38 bits per heavy atom. The third-order valence-electron chi connectivity index (χ3n) is 3.33. The molecule has 6 nitrogen and oxygen atoms in total. The van der Waals surface area contributed by atoms with Crippen LogP contribution in [-0.2, 0) is 11.0 Å². The minimum absolute atomic E-state index is 0.139. The van der Waals surface area contributed by atoms with Gasteiger partial charge in [0.05, 0.1) is 22.5 Å². The highest BCUT2D eigenvalue weighted by molar-refractivity contribution is 5.79. The van der Waals surface area contributed by atoms with Crippen LogP contribution < -0.4 is 10.0 Å². The fourth-order valence-corrected chi connectivity index (χ4v) is 2.39. The minimum atomic E-state index is -4.71. The fourth-order valence-electron chi connectivity index (χ4n) is 2.39. The first kappa shape index (κ1) is 15.1. The van der Waals surface area contributed by atoms with Crippen LogP contribution in [0.1, 0.15) is 18.4 Å². The standard InChI is InChI=1S/C12H11F3N2O4/c13-12(14,15)7-3-4-8(10(6-7)17(20)21)16-5-1-2-9(16)11(18)19/h3-4,6,9H,1-2,5H2,(H,18,19)/p-1/t9-/m0/s1. The molecule has 21 heavy (non-hydrogen) atoms. The number of carbonyl (C=O) groups excluding carboxylic acids is 1. The maximum atomic E-state index is 12.6. The Morgan fingerprint density at radius 2 is 2.05 bits per heavy atom. The molecule has 0 spiro atoms. The fraction of sp³-hybridized carbons (Fsp3) is 0.417. The summed E-state index contributed by atoms with van der Waals surface area (Å²) in [5, 5.41) is 22.0. The van der Waals surface area contributed by atoms with Crippen molar-refractivity contribution < 1.29 is 28.0 Å². The van der Waals surface area contributed by atoms with E-state index in [1.165, 1.54) is 4.90 Å². The van der Waals surface area contributed by atoms with E-state index < -0.39 is 34.4 Å². The summed E-state index contributed by atoms with van der Waals surface area (Å²) in [7, 11) is 0. The number of alkyl halides is 3. The van der Waals surface area contributed by atoms with Crippen LogP contribution in [-0.4, -0.2) is 23.5 Å². The summed E-state index contributed by atoms with van der Waals surface area (Å²) >= 11 is 0. The van der Waals surface area contributed by atoms with Crippen molar-refractivity contribution in [2.75, 3.05) is 11.4 Å². The largest absolute Gasteiger partial charge is 0.548 e. The number of hydrogen-bond donors (Lipinski definition) is 0. The maximum Gasteiger partial charge on any atom is 0.416 e. The van der Waals surface area contributed by atoms with Gasteiger partial charge in [0.15, 0.2) is 0 Å². The van der Waals surface area contributed by atoms with Crippen molar-refractivity contribution in [3.8, 4) is 0 Å². The predicted molar refractivity (Wildman–Crippen MR) is 63.5 cm³/mol. The number of carboxylic acid groups (broad SMARTS) is 1. The van der Waals surface area contributed by atoms with Crippen LogP contribution in [0.2, 0.25) is 0 Å². The van der Waals surface area contributed by atoms with Gasteiger partial charge in [-0.25, -0.2) is 0 Å². The predicted octanol–water partition coefficient (Wildman–Crippen LogP) is 1.33. The van der Waals surface area contributed by atoms with E-state index in [1.807, 2.05) is 0 Å². The smallest absolute Gasteiger partial charge is 0.416 e. The molecule has 0 saturated carbocycles. The van der Waals surface area contributed by atoms with Gasteiger partial charge < -0.3 is 14.8 Å². The second-order valence-electron chi connectivity index (χ2n) is 4.63. The number of nitro benzene ring substituents is 1. The molecule has 1 heterocycles. The molecule has 0 aromatic heterocycles. The molecule has 114 valence electrons. The molecule has 0 amide bonds. The molecule has 2 rings (SSSR count). The van der Waals surface area contributed by atoms with Crippen molar-refractivity contribution in [2.24, 2.45) is 0 Å². The number of aliphatic carboxylic acids is 1. The Balaban J connectivity index is 2.49. The van der Waals surface area contributed by atoms with Crippen molar-refractivity contribution in [1.29, 1.82) is 0 Å². The van der Waals surface area contributed by atoms with E-state index in [-0.39, 0.29) is 18.7 Å². The highest BCUT2D eigenvalue weighted by atomic mass is 19.4. The Bertz CT molecular complexity index is 588. The summed E-state index contributed by atoms with van der Waals surface area (Å²) < 4.78 is 37.8. The lowest BCUT2D eigenvalue weighted by atomic mass is 10.1. The van der Waals surface area contributed by atoms with Gasteiger partial charge in [-0.15, -0.1) is 0 Å². The van der Waals surface area contributed by atoms with E-state index in [0.29, 0.717) is 18.6 Å². The van der Waals surface area contributed by atoms with Crippen LogP contribution in [0.3, 0.4) is 0 Å². The molecule has 9 heteroatoms. The molecular weight excluding hydrogens is 293 g/mol. The number of hydrogen-bond acceptors (Lipinski definition) is 5. The molecule has 1 atom stereocenters. The van der Waals surface area contributed by atoms with Crippen molar-refractivity contribution in [1.82, 2.24) is 0 Å². The molecule has 0 bridgehead atoms. The van der Waals surface area contributed by atoms with Crippen LogP contribution in [0.5, 0.6) is 0 Å². The second-order valence-corrected chi connectivity index (χ2v) is 4.63. The van der Waals surface area contributed by atoms with Gasteiger partial charge in [-0.2, -0.15) is 13.2 Å². The Hall–Kier alpha value is -2.32. The highest BCUT2D eigenvalue weighted by Gasteiger charge is 2.36. The monoisotopic (exact) mass is 303 g/mol. The topological polar surface area (TPSA) is 86.5 Å². The SMILES string of the molecule is O=C([O-])[C@@H]1CCCN1c1ccc(C(F)(F)F)cc1[N+](=O)[O-]. The molecule has 1 saturated heterocycles. The quantitative estimate of drug-likeness (QED) is 0.621. The lowest BCUT2D eigenvalue weighted by Gasteiger charge is -2.27. The number of nitro groups is 1. The Labute approximate surface area is 116 Å². The van der Waals surface area contributed by atoms with Gasteiger partial charge in [-0.1, -0.05) is 0 Å². The number of rotatable bonds is 3. The van der Waals surface area contributed by atoms with Crippen LogP contribution in [0.4, 0.5) is 24.5 Å². The number of anilines is 1. The van der Waals surface area contributed by atoms with E-state index in [4.69, 9.17) is 0 Å².